The number of fused-ring (bicyclic) bond motifs is 2. The van der Waals surface area contributed by atoms with E-state index in [2.05, 4.69) is 25.6 Å². The van der Waals surface area contributed by atoms with Crippen molar-refractivity contribution in [1.82, 2.24) is 24.8 Å². The van der Waals surface area contributed by atoms with Crippen LogP contribution in [0.15, 0.2) is 46.8 Å². The minimum Gasteiger partial charge on any atom is -0.404 e. The first-order valence-electron chi connectivity index (χ1n) is 13.1. The monoisotopic (exact) mass is 548 g/mol. The molecule has 4 N–H and O–H groups in total. The Morgan fingerprint density at radius 1 is 1.31 bits per heavy atom. The van der Waals surface area contributed by atoms with E-state index in [1.165, 1.54) is 22.3 Å². The van der Waals surface area contributed by atoms with Crippen molar-refractivity contribution in [3.63, 3.8) is 0 Å². The summed E-state index contributed by atoms with van der Waals surface area (Å²) in [7, 11) is 0. The largest absolute Gasteiger partial charge is 0.404 e. The number of allylic oxidation sites excluding steroid dienone is 1. The number of imidazole rings is 1. The van der Waals surface area contributed by atoms with Crippen LogP contribution in [0.4, 0.5) is 15.2 Å². The van der Waals surface area contributed by atoms with Gasteiger partial charge in [-0.25, -0.2) is 14.4 Å². The third-order valence-corrected chi connectivity index (χ3v) is 8.33. The van der Waals surface area contributed by atoms with E-state index < -0.39 is 23.7 Å². The number of thiazole rings is 1. The smallest absolute Gasteiger partial charge is 0.255 e. The van der Waals surface area contributed by atoms with Gasteiger partial charge in [-0.3, -0.25) is 19.9 Å². The number of nitrogens with two attached hydrogens (primary N) is 1. The quantitative estimate of drug-likeness (QED) is 0.389. The molecule has 2 amide bonds. The van der Waals surface area contributed by atoms with Crippen molar-refractivity contribution in [2.45, 2.75) is 44.8 Å². The van der Waals surface area contributed by atoms with Crippen LogP contribution in [0.5, 0.6) is 0 Å². The van der Waals surface area contributed by atoms with E-state index in [0.717, 1.165) is 56.6 Å². The van der Waals surface area contributed by atoms with Crippen molar-refractivity contribution < 1.29 is 14.0 Å². The molecule has 202 valence electrons. The summed E-state index contributed by atoms with van der Waals surface area (Å²) in [5.74, 6) is -1.12. The number of benzene rings is 1. The zero-order valence-corrected chi connectivity index (χ0v) is 22.1. The van der Waals surface area contributed by atoms with Gasteiger partial charge in [-0.05, 0) is 68.6 Å². The second-order valence-corrected chi connectivity index (χ2v) is 10.8. The number of halogens is 1. The molecule has 3 aliphatic heterocycles. The average Bonchev–Trinajstić information content (AvgIpc) is 3.74. The number of anilines is 1. The molecule has 10 nitrogen and oxygen atoms in total. The summed E-state index contributed by atoms with van der Waals surface area (Å²) in [5, 5.41) is 8.31. The van der Waals surface area contributed by atoms with Crippen LogP contribution < -0.4 is 16.4 Å². The Balaban J connectivity index is 1.30. The van der Waals surface area contributed by atoms with Crippen LogP contribution in [-0.4, -0.2) is 50.6 Å². The summed E-state index contributed by atoms with van der Waals surface area (Å²) in [6.07, 6.45) is 10.1. The zero-order chi connectivity index (χ0) is 26.9. The first-order valence-corrected chi connectivity index (χ1v) is 14.0. The fourth-order valence-electron chi connectivity index (χ4n) is 5.65. The summed E-state index contributed by atoms with van der Waals surface area (Å²) in [6, 6.07) is 1.88. The van der Waals surface area contributed by atoms with Gasteiger partial charge in [0.15, 0.2) is 11.2 Å². The SMILES string of the molecule is N/C=C(\C=Nc1cc(F)c2c(c1)C(=O)N(C(C(=O)Nc1nccs1)c1ncn3c1CCC3)C2)C1CCNCC1. The highest BCUT2D eigenvalue weighted by Gasteiger charge is 2.42. The minimum atomic E-state index is -1.03. The molecule has 1 saturated heterocycles. The molecule has 39 heavy (non-hydrogen) atoms. The molecule has 0 bridgehead atoms. The number of piperidine rings is 1. The third kappa shape index (κ3) is 4.85. The van der Waals surface area contributed by atoms with Crippen LogP contribution in [0.25, 0.3) is 0 Å². The number of carbonyl (C=O) groups is 2. The van der Waals surface area contributed by atoms with E-state index >= 15 is 4.39 Å². The Morgan fingerprint density at radius 3 is 2.92 bits per heavy atom. The van der Waals surface area contributed by atoms with E-state index in [9.17, 15) is 9.59 Å². The molecule has 1 fully saturated rings. The molecule has 1 aromatic carbocycles. The predicted molar refractivity (Wildman–Crippen MR) is 146 cm³/mol. The Kier molecular flexibility index (Phi) is 6.96. The van der Waals surface area contributed by atoms with Gasteiger partial charge in [0.05, 0.1) is 24.3 Å². The van der Waals surface area contributed by atoms with E-state index in [4.69, 9.17) is 5.73 Å². The summed E-state index contributed by atoms with van der Waals surface area (Å²) < 4.78 is 17.4. The topological polar surface area (TPSA) is 131 Å². The molecule has 1 unspecified atom stereocenters. The van der Waals surface area contributed by atoms with Crippen molar-refractivity contribution in [2.24, 2.45) is 16.6 Å². The highest BCUT2D eigenvalue weighted by molar-refractivity contribution is 7.13. The lowest BCUT2D eigenvalue weighted by Crippen LogP contribution is -2.38. The van der Waals surface area contributed by atoms with E-state index in [-0.39, 0.29) is 23.6 Å². The van der Waals surface area contributed by atoms with Crippen LogP contribution in [0, 0.1) is 11.7 Å². The molecule has 5 heterocycles. The minimum absolute atomic E-state index is 0.0464. The molecule has 6 rings (SSSR count). The van der Waals surface area contributed by atoms with Gasteiger partial charge in [0.25, 0.3) is 11.8 Å². The van der Waals surface area contributed by atoms with Crippen LogP contribution >= 0.6 is 11.3 Å². The summed E-state index contributed by atoms with van der Waals surface area (Å²) in [5.41, 5.74) is 8.95. The average molecular weight is 549 g/mol. The van der Waals surface area contributed by atoms with E-state index in [0.29, 0.717) is 16.5 Å². The van der Waals surface area contributed by atoms with Gasteiger partial charge in [-0.2, -0.15) is 0 Å². The molecule has 1 atom stereocenters. The summed E-state index contributed by atoms with van der Waals surface area (Å²) in [4.78, 5) is 41.8. The molecule has 0 spiro atoms. The highest BCUT2D eigenvalue weighted by Crippen LogP contribution is 2.37. The number of hydrogen-bond acceptors (Lipinski definition) is 8. The van der Waals surface area contributed by atoms with Gasteiger partial charge in [-0.1, -0.05) is 0 Å². The number of aromatic nitrogens is 3. The van der Waals surface area contributed by atoms with Crippen molar-refractivity contribution in [3.05, 3.63) is 70.1 Å². The Bertz CT molecular complexity index is 1460. The second-order valence-electron chi connectivity index (χ2n) is 9.94. The van der Waals surface area contributed by atoms with Crippen LogP contribution in [0.1, 0.15) is 52.6 Å². The predicted octanol–water partition coefficient (Wildman–Crippen LogP) is 3.31. The van der Waals surface area contributed by atoms with Crippen LogP contribution in [0.2, 0.25) is 0 Å². The van der Waals surface area contributed by atoms with Crippen molar-refractivity contribution in [2.75, 3.05) is 18.4 Å². The lowest BCUT2D eigenvalue weighted by atomic mass is 9.91. The maximum Gasteiger partial charge on any atom is 0.255 e. The normalized spacial score (nSPS) is 18.5. The maximum atomic E-state index is 15.4. The number of amides is 2. The van der Waals surface area contributed by atoms with Gasteiger partial charge >= 0.3 is 0 Å². The lowest BCUT2D eigenvalue weighted by molar-refractivity contribution is -0.121. The number of nitrogens with one attached hydrogen (secondary N) is 2. The first kappa shape index (κ1) is 25.4. The molecule has 3 aromatic rings. The number of aryl methyl sites for hydroxylation is 1. The molecule has 0 radical (unpaired) electrons. The van der Waals surface area contributed by atoms with Crippen LogP contribution in [-0.2, 0) is 24.3 Å². The van der Waals surface area contributed by atoms with Gasteiger partial charge < -0.3 is 20.5 Å². The number of rotatable bonds is 7. The molecular weight excluding hydrogens is 519 g/mol. The maximum absolute atomic E-state index is 15.4. The summed E-state index contributed by atoms with van der Waals surface area (Å²) in [6.45, 7) is 2.58. The fraction of sp³-hybridized carbons (Fsp3) is 0.370. The number of nitrogens with zero attached hydrogens (tertiary/aromatic N) is 5. The van der Waals surface area contributed by atoms with Crippen molar-refractivity contribution in [3.8, 4) is 0 Å². The molecule has 0 aliphatic carbocycles. The van der Waals surface area contributed by atoms with Gasteiger partial charge in [-0.15, -0.1) is 11.3 Å². The Labute approximate surface area is 228 Å². The Hall–Kier alpha value is -3.90. The van der Waals surface area contributed by atoms with Crippen LogP contribution in [0.3, 0.4) is 0 Å². The molecular formula is C27H29FN8O2S. The Morgan fingerprint density at radius 2 is 2.15 bits per heavy atom. The highest BCUT2D eigenvalue weighted by atomic mass is 32.1. The first-order chi connectivity index (χ1) is 19.0. The second kappa shape index (κ2) is 10.7. The molecule has 2 aromatic heterocycles. The number of carbonyl (C=O) groups excluding carboxylic acids is 2. The molecule has 3 aliphatic rings. The van der Waals surface area contributed by atoms with E-state index in [1.807, 2.05) is 4.57 Å². The van der Waals surface area contributed by atoms with Crippen molar-refractivity contribution >= 4 is 40.2 Å². The number of aliphatic imine (C=N–C) groups is 1. The van der Waals surface area contributed by atoms with E-state index in [1.54, 1.807) is 36.4 Å². The van der Waals surface area contributed by atoms with Crippen molar-refractivity contribution in [1.29, 1.82) is 0 Å². The summed E-state index contributed by atoms with van der Waals surface area (Å²) >= 11 is 1.28. The standard InChI is InChI=1S/C27H29FN8O2S/c28-21-11-18(32-13-17(12-29)16-3-5-30-6-4-16)10-19-20(21)14-36(26(19)38)24(25(37)34-27-31-7-9-39-27)23-22-2-1-8-35(22)15-33-23/h7,9-13,15-16,24,30H,1-6,8,14,29H2,(H,31,34,37)/b17-12+,32-13?. The zero-order valence-electron chi connectivity index (χ0n) is 21.3. The fourth-order valence-corrected chi connectivity index (χ4v) is 6.18. The lowest BCUT2D eigenvalue weighted by Gasteiger charge is -2.26. The van der Waals surface area contributed by atoms with Gasteiger partial charge in [0.1, 0.15) is 5.82 Å². The van der Waals surface area contributed by atoms with Gasteiger partial charge in [0, 0.05) is 41.2 Å². The van der Waals surface area contributed by atoms with Gasteiger partial charge in [0.2, 0.25) is 0 Å². The third-order valence-electron chi connectivity index (χ3n) is 7.64. The number of hydrogen-bond donors (Lipinski definition) is 3. The molecule has 0 saturated carbocycles. The molecule has 12 heteroatoms.